The largest absolute Gasteiger partial charge is 0.455 e. The predicted molar refractivity (Wildman–Crippen MR) is 196 cm³/mol. The zero-order valence-corrected chi connectivity index (χ0v) is 25.5. The Balaban J connectivity index is 1.25. The highest BCUT2D eigenvalue weighted by Gasteiger charge is 2.21. The molecule has 3 aromatic heterocycles. The SMILES string of the molecule is c1ccc(-c2cc3ccc4c5ccccc5n(-c5ccc(-c6cccc7c6oc6ccccc67)cc5)c4c3n2-c2ccccc2)cc1. The average molecular weight is 601 g/mol. The maximum atomic E-state index is 6.39. The van der Waals surface area contributed by atoms with Crippen molar-refractivity contribution in [3.63, 3.8) is 0 Å². The lowest BCUT2D eigenvalue weighted by atomic mass is 10.0. The Morgan fingerprint density at radius 3 is 1.91 bits per heavy atom. The van der Waals surface area contributed by atoms with Crippen LogP contribution in [0.3, 0.4) is 0 Å². The van der Waals surface area contributed by atoms with E-state index >= 15 is 0 Å². The van der Waals surface area contributed by atoms with E-state index in [1.165, 1.54) is 44.0 Å². The van der Waals surface area contributed by atoms with Crippen LogP contribution < -0.4 is 0 Å². The van der Waals surface area contributed by atoms with Crippen molar-refractivity contribution in [2.24, 2.45) is 0 Å². The lowest BCUT2D eigenvalue weighted by Crippen LogP contribution is -2.00. The summed E-state index contributed by atoms with van der Waals surface area (Å²) >= 11 is 0. The van der Waals surface area contributed by atoms with Gasteiger partial charge in [-0.2, -0.15) is 0 Å². The van der Waals surface area contributed by atoms with Crippen LogP contribution >= 0.6 is 0 Å². The average Bonchev–Trinajstić information content (AvgIpc) is 3.82. The highest BCUT2D eigenvalue weighted by atomic mass is 16.3. The fourth-order valence-corrected chi connectivity index (χ4v) is 7.44. The number of hydrogen-bond donors (Lipinski definition) is 0. The molecule has 7 aromatic carbocycles. The summed E-state index contributed by atoms with van der Waals surface area (Å²) in [6, 6.07) is 60.7. The number of hydrogen-bond acceptors (Lipinski definition) is 1. The monoisotopic (exact) mass is 600 g/mol. The molecule has 0 N–H and O–H groups in total. The molecule has 0 bridgehead atoms. The first-order valence-corrected chi connectivity index (χ1v) is 16.0. The first kappa shape index (κ1) is 26.0. The van der Waals surface area contributed by atoms with Crippen LogP contribution in [0.5, 0.6) is 0 Å². The molecule has 0 aliphatic carbocycles. The third-order valence-electron chi connectivity index (χ3n) is 9.52. The van der Waals surface area contributed by atoms with Crippen molar-refractivity contribution >= 4 is 54.6 Å². The van der Waals surface area contributed by atoms with Crippen LogP contribution in [0.15, 0.2) is 174 Å². The van der Waals surface area contributed by atoms with Crippen LogP contribution in [-0.2, 0) is 0 Å². The summed E-state index contributed by atoms with van der Waals surface area (Å²) in [5.74, 6) is 0. The smallest absolute Gasteiger partial charge is 0.143 e. The van der Waals surface area contributed by atoms with Gasteiger partial charge in [0.1, 0.15) is 11.2 Å². The highest BCUT2D eigenvalue weighted by Crippen LogP contribution is 2.42. The number of fused-ring (bicyclic) bond motifs is 8. The van der Waals surface area contributed by atoms with Crippen LogP contribution in [0.4, 0.5) is 0 Å². The number of benzene rings is 7. The fourth-order valence-electron chi connectivity index (χ4n) is 7.44. The number of furan rings is 1. The van der Waals surface area contributed by atoms with E-state index in [1.54, 1.807) is 0 Å². The molecule has 3 heterocycles. The maximum absolute atomic E-state index is 6.39. The molecule has 3 nitrogen and oxygen atoms in total. The first-order valence-electron chi connectivity index (χ1n) is 16.0. The van der Waals surface area contributed by atoms with Crippen LogP contribution in [0.2, 0.25) is 0 Å². The van der Waals surface area contributed by atoms with Crippen LogP contribution in [0.1, 0.15) is 0 Å². The first-order chi connectivity index (χ1) is 23.3. The molecule has 0 radical (unpaired) electrons. The quantitative estimate of drug-likeness (QED) is 0.197. The minimum absolute atomic E-state index is 0.914. The van der Waals surface area contributed by atoms with Crippen LogP contribution in [0.25, 0.3) is 88.4 Å². The Kier molecular flexibility index (Phi) is 5.57. The molecule has 0 aliphatic rings. The van der Waals surface area contributed by atoms with Gasteiger partial charge in [-0.25, -0.2) is 0 Å². The molecule has 3 heteroatoms. The van der Waals surface area contributed by atoms with Gasteiger partial charge in [0.2, 0.25) is 0 Å². The van der Waals surface area contributed by atoms with Crippen molar-refractivity contribution in [1.29, 1.82) is 0 Å². The summed E-state index contributed by atoms with van der Waals surface area (Å²) in [4.78, 5) is 0. The van der Waals surface area contributed by atoms with E-state index in [0.29, 0.717) is 0 Å². The van der Waals surface area contributed by atoms with Gasteiger partial charge >= 0.3 is 0 Å². The zero-order chi connectivity index (χ0) is 30.9. The van der Waals surface area contributed by atoms with E-state index < -0.39 is 0 Å². The van der Waals surface area contributed by atoms with E-state index in [9.17, 15) is 0 Å². The Morgan fingerprint density at radius 2 is 1.09 bits per heavy atom. The van der Waals surface area contributed by atoms with Gasteiger partial charge in [-0.05, 0) is 53.6 Å². The van der Waals surface area contributed by atoms with Crippen molar-refractivity contribution in [1.82, 2.24) is 9.13 Å². The van der Waals surface area contributed by atoms with Gasteiger partial charge in [0.15, 0.2) is 0 Å². The molecule has 0 fully saturated rings. The second-order valence-electron chi connectivity index (χ2n) is 12.1. The third-order valence-corrected chi connectivity index (χ3v) is 9.52. The normalized spacial score (nSPS) is 11.8. The molecule has 0 unspecified atom stereocenters. The summed E-state index contributed by atoms with van der Waals surface area (Å²) in [5, 5.41) is 5.97. The molecule has 0 saturated heterocycles. The predicted octanol–water partition coefficient (Wildman–Crippen LogP) is 12.0. The molecule has 0 spiro atoms. The molecule has 220 valence electrons. The zero-order valence-electron chi connectivity index (χ0n) is 25.5. The summed E-state index contributed by atoms with van der Waals surface area (Å²) < 4.78 is 11.3. The van der Waals surface area contributed by atoms with Crippen molar-refractivity contribution in [2.45, 2.75) is 0 Å². The molecule has 10 aromatic rings. The third kappa shape index (κ3) is 3.87. The van der Waals surface area contributed by atoms with Crippen LogP contribution in [-0.4, -0.2) is 9.13 Å². The number of aromatic nitrogens is 2. The van der Waals surface area contributed by atoms with Crippen molar-refractivity contribution < 1.29 is 4.42 Å². The van der Waals surface area contributed by atoms with E-state index in [1.807, 2.05) is 12.1 Å². The maximum Gasteiger partial charge on any atom is 0.143 e. The van der Waals surface area contributed by atoms with Gasteiger partial charge in [-0.15, -0.1) is 0 Å². The topological polar surface area (TPSA) is 23.0 Å². The van der Waals surface area contributed by atoms with E-state index in [-0.39, 0.29) is 0 Å². The molecule has 0 amide bonds. The van der Waals surface area contributed by atoms with Gasteiger partial charge < -0.3 is 13.6 Å². The molecule has 0 aliphatic heterocycles. The summed E-state index contributed by atoms with van der Waals surface area (Å²) in [6.45, 7) is 0. The highest BCUT2D eigenvalue weighted by molar-refractivity contribution is 6.19. The molecule has 0 saturated carbocycles. The molecular weight excluding hydrogens is 572 g/mol. The minimum Gasteiger partial charge on any atom is -0.455 e. The molecule has 10 rings (SSSR count). The van der Waals surface area contributed by atoms with E-state index in [2.05, 4.69) is 167 Å². The number of para-hydroxylation sites is 4. The molecular formula is C44H28N2O. The Bertz CT molecular complexity index is 2760. The Labute approximate surface area is 271 Å². The van der Waals surface area contributed by atoms with Gasteiger partial charge in [-0.3, -0.25) is 0 Å². The number of rotatable bonds is 4. The molecule has 47 heavy (non-hydrogen) atoms. The van der Waals surface area contributed by atoms with E-state index in [4.69, 9.17) is 4.42 Å². The lowest BCUT2D eigenvalue weighted by molar-refractivity contribution is 0.670. The van der Waals surface area contributed by atoms with Crippen molar-refractivity contribution in [3.05, 3.63) is 170 Å². The summed E-state index contributed by atoms with van der Waals surface area (Å²) in [7, 11) is 0. The van der Waals surface area contributed by atoms with Gasteiger partial charge in [-0.1, -0.05) is 127 Å². The number of nitrogens with zero attached hydrogens (tertiary/aromatic N) is 2. The van der Waals surface area contributed by atoms with Crippen LogP contribution in [0, 0.1) is 0 Å². The molecule has 0 atom stereocenters. The standard InChI is InChI=1S/C44H28N2O/c1-3-12-30(13-4-1)40-28-31-24-27-37-35-16-7-9-20-39(35)45(43(37)42(31)46(40)32-14-5-2-6-15-32)33-25-22-29(23-26-33)34-18-11-19-38-36-17-8-10-21-41(36)47-44(34)38/h1-28H. The summed E-state index contributed by atoms with van der Waals surface area (Å²) in [5.41, 5.74) is 12.3. The summed E-state index contributed by atoms with van der Waals surface area (Å²) in [6.07, 6.45) is 0. The van der Waals surface area contributed by atoms with Gasteiger partial charge in [0.25, 0.3) is 0 Å². The Morgan fingerprint density at radius 1 is 0.404 bits per heavy atom. The Hall–Kier alpha value is -6.32. The second-order valence-corrected chi connectivity index (χ2v) is 12.1. The van der Waals surface area contributed by atoms with Gasteiger partial charge in [0.05, 0.1) is 22.2 Å². The van der Waals surface area contributed by atoms with Crippen molar-refractivity contribution in [3.8, 4) is 33.8 Å². The lowest BCUT2D eigenvalue weighted by Gasteiger charge is -2.14. The van der Waals surface area contributed by atoms with Gasteiger partial charge in [0, 0.05) is 43.9 Å². The van der Waals surface area contributed by atoms with E-state index in [0.717, 1.165) is 44.4 Å². The van der Waals surface area contributed by atoms with Crippen molar-refractivity contribution in [2.75, 3.05) is 0 Å². The second kappa shape index (κ2) is 10.1. The fraction of sp³-hybridized carbons (Fsp3) is 0. The minimum atomic E-state index is 0.914.